The van der Waals surface area contributed by atoms with Crippen molar-refractivity contribution in [2.45, 2.75) is 328 Å². The zero-order chi connectivity index (χ0) is 71.1. The van der Waals surface area contributed by atoms with Gasteiger partial charge in [0, 0.05) is 12.8 Å². The van der Waals surface area contributed by atoms with Gasteiger partial charge in [-0.25, -0.2) is 0 Å². The number of likely N-dealkylation sites (N-methyl/N-ethyl adjacent to an activating group) is 1. The molecule has 0 bridgehead atoms. The lowest BCUT2D eigenvalue weighted by molar-refractivity contribution is -0.870. The summed E-state index contributed by atoms with van der Waals surface area (Å²) in [4.78, 5) is 38.1. The molecule has 0 saturated heterocycles. The fraction of sp³-hybridized carbons (Fsp3) is 0.659. The third-order valence-corrected chi connectivity index (χ3v) is 17.7. The third kappa shape index (κ3) is 80.3. The van der Waals surface area contributed by atoms with Crippen LogP contribution in [0.4, 0.5) is 0 Å². The molecule has 2 atom stereocenters. The van der Waals surface area contributed by atoms with Crippen molar-refractivity contribution in [2.75, 3.05) is 47.5 Å². The van der Waals surface area contributed by atoms with Gasteiger partial charge >= 0.3 is 11.9 Å². The Morgan fingerprint density at radius 1 is 0.316 bits per heavy atom. The van der Waals surface area contributed by atoms with E-state index in [4.69, 9.17) is 18.5 Å². The van der Waals surface area contributed by atoms with Crippen LogP contribution in [0.1, 0.15) is 322 Å². The second-order valence-electron chi connectivity index (χ2n) is 27.3. The Labute approximate surface area is 604 Å². The van der Waals surface area contributed by atoms with E-state index in [-0.39, 0.29) is 26.1 Å². The van der Waals surface area contributed by atoms with Crippen molar-refractivity contribution in [2.24, 2.45) is 0 Å². The number of nitrogens with zero attached hydrogens (tertiary/aromatic N) is 1. The van der Waals surface area contributed by atoms with Crippen LogP contribution in [0.15, 0.2) is 170 Å². The summed E-state index contributed by atoms with van der Waals surface area (Å²) in [5.41, 5.74) is 0. The molecule has 0 N–H and O–H groups in total. The maximum Gasteiger partial charge on any atom is 0.306 e. The molecule has 98 heavy (non-hydrogen) atoms. The zero-order valence-corrected chi connectivity index (χ0v) is 64.6. The molecule has 0 fully saturated rings. The van der Waals surface area contributed by atoms with Crippen LogP contribution in [0.2, 0.25) is 0 Å². The first kappa shape index (κ1) is 93.4. The second-order valence-corrected chi connectivity index (χ2v) is 28.7. The quantitative estimate of drug-likeness (QED) is 0.0195. The summed E-state index contributed by atoms with van der Waals surface area (Å²) >= 11 is 0. The van der Waals surface area contributed by atoms with Crippen molar-refractivity contribution in [3.8, 4) is 0 Å². The van der Waals surface area contributed by atoms with Crippen molar-refractivity contribution in [3.05, 3.63) is 170 Å². The minimum Gasteiger partial charge on any atom is -0.756 e. The highest BCUT2D eigenvalue weighted by atomic mass is 31.2. The predicted molar refractivity (Wildman–Crippen MR) is 424 cm³/mol. The lowest BCUT2D eigenvalue weighted by Gasteiger charge is -2.28. The number of carbonyl (C=O) groups is 2. The number of esters is 2. The molecule has 558 valence electrons. The van der Waals surface area contributed by atoms with E-state index in [0.29, 0.717) is 17.4 Å². The Morgan fingerprint density at radius 3 is 0.837 bits per heavy atom. The minimum atomic E-state index is -4.67. The first-order valence-electron chi connectivity index (χ1n) is 39.8. The molecule has 0 aromatic heterocycles. The van der Waals surface area contributed by atoms with E-state index >= 15 is 0 Å². The first-order chi connectivity index (χ1) is 48.0. The fourth-order valence-electron chi connectivity index (χ4n) is 10.7. The fourth-order valence-corrected chi connectivity index (χ4v) is 11.5. The molecule has 0 amide bonds. The van der Waals surface area contributed by atoms with Gasteiger partial charge in [-0.15, -0.1) is 0 Å². The van der Waals surface area contributed by atoms with Crippen LogP contribution in [0, 0.1) is 0 Å². The lowest BCUT2D eigenvalue weighted by atomic mass is 10.0. The number of ether oxygens (including phenoxy) is 2. The molecule has 0 aliphatic heterocycles. The van der Waals surface area contributed by atoms with E-state index in [9.17, 15) is 19.0 Å². The monoisotopic (exact) mass is 1380 g/mol. The van der Waals surface area contributed by atoms with Gasteiger partial charge in [0.25, 0.3) is 7.82 Å². The molecule has 0 radical (unpaired) electrons. The molecule has 0 aromatic carbocycles. The number of unbranched alkanes of at least 4 members (excludes halogenated alkanes) is 30. The molecule has 10 heteroatoms. The molecule has 0 aromatic rings. The van der Waals surface area contributed by atoms with Crippen LogP contribution in [0.5, 0.6) is 0 Å². The van der Waals surface area contributed by atoms with Crippen LogP contribution in [0.25, 0.3) is 0 Å². The van der Waals surface area contributed by atoms with Crippen molar-refractivity contribution in [1.82, 2.24) is 0 Å². The highest BCUT2D eigenvalue weighted by Gasteiger charge is 2.22. The second kappa shape index (κ2) is 76.5. The molecule has 0 rings (SSSR count). The highest BCUT2D eigenvalue weighted by Crippen LogP contribution is 2.38. The van der Waals surface area contributed by atoms with E-state index in [2.05, 4.69) is 184 Å². The number of phosphoric ester groups is 1. The Hall–Kier alpha value is -4.63. The van der Waals surface area contributed by atoms with E-state index in [1.165, 1.54) is 167 Å². The maximum atomic E-state index is 12.9. The molecule has 9 nitrogen and oxygen atoms in total. The van der Waals surface area contributed by atoms with E-state index < -0.39 is 32.5 Å². The minimum absolute atomic E-state index is 0.0463. The average molecular weight is 1380 g/mol. The van der Waals surface area contributed by atoms with E-state index in [0.717, 1.165) is 122 Å². The molecular weight excluding hydrogens is 1230 g/mol. The Kier molecular flexibility index (Phi) is 72.9. The number of hydrogen-bond acceptors (Lipinski definition) is 8. The highest BCUT2D eigenvalue weighted by molar-refractivity contribution is 7.45. The average Bonchev–Trinajstić information content (AvgIpc) is 1.08. The summed E-state index contributed by atoms with van der Waals surface area (Å²) < 4.78 is 34.3. The van der Waals surface area contributed by atoms with Crippen LogP contribution in [-0.4, -0.2) is 70.0 Å². The van der Waals surface area contributed by atoms with E-state index in [1.54, 1.807) is 0 Å². The third-order valence-electron chi connectivity index (χ3n) is 16.7. The maximum absolute atomic E-state index is 12.9. The van der Waals surface area contributed by atoms with Crippen LogP contribution in [-0.2, 0) is 32.7 Å². The predicted octanol–water partition coefficient (Wildman–Crippen LogP) is 26.2. The van der Waals surface area contributed by atoms with Crippen LogP contribution < -0.4 is 4.89 Å². The molecular formula is C88H148NO8P. The van der Waals surface area contributed by atoms with Gasteiger partial charge in [-0.05, 0) is 128 Å². The number of quaternary nitrogens is 1. The number of hydrogen-bond donors (Lipinski definition) is 0. The van der Waals surface area contributed by atoms with Gasteiger partial charge in [-0.2, -0.15) is 0 Å². The van der Waals surface area contributed by atoms with Gasteiger partial charge in [0.05, 0.1) is 27.7 Å². The van der Waals surface area contributed by atoms with Crippen molar-refractivity contribution < 1.29 is 42.1 Å². The first-order valence-corrected chi connectivity index (χ1v) is 41.3. The number of phosphoric acid groups is 1. The van der Waals surface area contributed by atoms with Gasteiger partial charge in [0.1, 0.15) is 19.8 Å². The summed E-state index contributed by atoms with van der Waals surface area (Å²) in [6.45, 7) is 3.97. The van der Waals surface area contributed by atoms with Crippen molar-refractivity contribution in [1.29, 1.82) is 0 Å². The Bertz CT molecular complexity index is 2270. The summed E-state index contributed by atoms with van der Waals surface area (Å²) in [5, 5.41) is 0. The van der Waals surface area contributed by atoms with Crippen molar-refractivity contribution >= 4 is 19.8 Å². The molecule has 0 saturated carbocycles. The molecule has 0 aliphatic carbocycles. The number of rotatable bonds is 72. The Morgan fingerprint density at radius 2 is 0.551 bits per heavy atom. The van der Waals surface area contributed by atoms with Crippen molar-refractivity contribution in [3.63, 3.8) is 0 Å². The standard InChI is InChI=1S/C88H148NO8P/c1-6-8-10-12-14-16-18-20-22-24-26-28-30-32-34-36-38-40-41-42-43-44-45-46-47-49-50-52-54-56-58-60-62-64-66-68-70-72-74-76-78-80-87(90)94-84-86(85-96-98(92,93)95-83-82-89(3,4)5)97-88(91)81-79-77-75-73-71-69-67-65-63-61-59-57-55-53-51-48-39-37-35-33-31-29-27-25-23-21-19-17-15-13-11-9-7-2/h8-11,14-17,20-23,26-29,33,35,39,48,53,55,59,61,65,67,71,73,86H,6-7,12-13,18-19,24-25,30-32,34,36-38,40-47,49-52,54,56-58,60,62-64,66,68-70,72,74-85H2,1-5H3/b10-8-,11-9-,16-14-,17-15-,22-20-,23-21-,28-26-,29-27-,35-33-,48-39-,55-53-,61-59-,67-65-,73-71-. The smallest absolute Gasteiger partial charge is 0.306 e. The number of allylic oxidation sites excluding steroid dienone is 28. The molecule has 0 spiro atoms. The van der Waals surface area contributed by atoms with Gasteiger partial charge in [0.2, 0.25) is 0 Å². The van der Waals surface area contributed by atoms with Crippen LogP contribution in [0.3, 0.4) is 0 Å². The van der Waals surface area contributed by atoms with Gasteiger partial charge in [-0.3, -0.25) is 14.2 Å². The van der Waals surface area contributed by atoms with Gasteiger partial charge in [0.15, 0.2) is 6.10 Å². The van der Waals surface area contributed by atoms with Gasteiger partial charge in [-0.1, -0.05) is 351 Å². The van der Waals surface area contributed by atoms with Gasteiger partial charge < -0.3 is 27.9 Å². The largest absolute Gasteiger partial charge is 0.756 e. The topological polar surface area (TPSA) is 111 Å². The van der Waals surface area contributed by atoms with Crippen LogP contribution >= 0.6 is 7.82 Å². The number of carbonyl (C=O) groups excluding carboxylic acids is 2. The Balaban J connectivity index is 4.03. The summed E-state index contributed by atoms with van der Waals surface area (Å²) in [7, 11) is 1.13. The lowest BCUT2D eigenvalue weighted by Crippen LogP contribution is -2.37. The molecule has 0 heterocycles. The zero-order valence-electron chi connectivity index (χ0n) is 63.7. The SMILES string of the molecule is CC/C=C\C/C=C\C/C=C\C/C=C\C/C=C\C/C=C\C/C=C\C/C=C\C/C=C\C/C=C\CCCCC(=O)OC(COC(=O)CCCCCCCCCCCCCCCCCCCCCCCCCCCCCC/C=C\C/C=C\C/C=C\C/C=C\CC)COP(=O)([O-])OCC[N+](C)(C)C. The summed E-state index contributed by atoms with van der Waals surface area (Å²) in [6, 6.07) is 0. The summed E-state index contributed by atoms with van der Waals surface area (Å²) in [5.74, 6) is -0.884. The molecule has 0 aliphatic rings. The molecule has 2 unspecified atom stereocenters. The summed E-state index contributed by atoms with van der Waals surface area (Å²) in [6.07, 6.45) is 116. The van der Waals surface area contributed by atoms with E-state index in [1.807, 2.05) is 21.1 Å². The normalized spacial score (nSPS) is 14.0.